The van der Waals surface area contributed by atoms with Crippen molar-refractivity contribution >= 4 is 5.84 Å². The Morgan fingerprint density at radius 3 is 2.08 bits per heavy atom. The fourth-order valence-electron chi connectivity index (χ4n) is 1.32. The molecule has 0 bridgehead atoms. The predicted octanol–water partition coefficient (Wildman–Crippen LogP) is 2.53. The van der Waals surface area contributed by atoms with Crippen LogP contribution in [0.1, 0.15) is 27.7 Å². The van der Waals surface area contributed by atoms with Gasteiger partial charge in [-0.25, -0.2) is 0 Å². The third-order valence-corrected chi connectivity index (χ3v) is 1.80. The molecule has 0 fully saturated rings. The Kier molecular flexibility index (Phi) is 4.64. The summed E-state index contributed by atoms with van der Waals surface area (Å²) in [7, 11) is 1.83. The summed E-state index contributed by atoms with van der Waals surface area (Å²) in [5, 5.41) is 0. The maximum Gasteiger partial charge on any atom is 0.105 e. The van der Waals surface area contributed by atoms with E-state index in [1.807, 2.05) is 14.0 Å². The molecule has 0 amide bonds. The van der Waals surface area contributed by atoms with Crippen LogP contribution in [-0.4, -0.2) is 24.3 Å². The van der Waals surface area contributed by atoms with E-state index in [9.17, 15) is 0 Å². The van der Waals surface area contributed by atoms with Gasteiger partial charge in [-0.1, -0.05) is 20.4 Å². The molecule has 0 aromatic rings. The van der Waals surface area contributed by atoms with Gasteiger partial charge in [-0.15, -0.1) is 0 Å². The lowest BCUT2D eigenvalue weighted by Gasteiger charge is -2.26. The molecule has 0 radical (unpaired) electrons. The van der Waals surface area contributed by atoms with Gasteiger partial charge in [0.15, 0.2) is 0 Å². The van der Waals surface area contributed by atoms with Gasteiger partial charge in [0.25, 0.3) is 0 Å². The van der Waals surface area contributed by atoms with E-state index in [2.05, 4.69) is 37.2 Å². The zero-order chi connectivity index (χ0) is 9.72. The van der Waals surface area contributed by atoms with E-state index in [-0.39, 0.29) is 0 Å². The Labute approximate surface area is 76.0 Å². The van der Waals surface area contributed by atoms with Gasteiger partial charge >= 0.3 is 0 Å². The van der Waals surface area contributed by atoms with Gasteiger partial charge < -0.3 is 4.90 Å². The first-order valence-corrected chi connectivity index (χ1v) is 4.44. The second kappa shape index (κ2) is 4.96. The van der Waals surface area contributed by atoms with E-state index in [0.717, 1.165) is 18.1 Å². The van der Waals surface area contributed by atoms with Crippen molar-refractivity contribution in [1.29, 1.82) is 0 Å². The van der Waals surface area contributed by atoms with Crippen molar-refractivity contribution in [3.8, 4) is 0 Å². The molecule has 0 spiro atoms. The molecule has 0 heterocycles. The highest BCUT2D eigenvalue weighted by atomic mass is 15.2. The average Bonchev–Trinajstić information content (AvgIpc) is 1.98. The molecular formula is C10H20N2. The predicted molar refractivity (Wildman–Crippen MR) is 55.4 cm³/mol. The maximum atomic E-state index is 4.26. The number of amidine groups is 1. The summed E-state index contributed by atoms with van der Waals surface area (Å²) >= 11 is 0. The fourth-order valence-corrected chi connectivity index (χ4v) is 1.32. The molecule has 0 aromatic carbocycles. The van der Waals surface area contributed by atoms with Gasteiger partial charge in [-0.2, -0.15) is 0 Å². The standard InChI is InChI=1S/C10H20N2/c1-7-12(9(4)5)10(11-6)8(2)3/h8H,4,7H2,1-3,5-6H3. The molecule has 0 rings (SSSR count). The van der Waals surface area contributed by atoms with Crippen LogP contribution < -0.4 is 0 Å². The minimum absolute atomic E-state index is 0.464. The largest absolute Gasteiger partial charge is 0.335 e. The van der Waals surface area contributed by atoms with E-state index in [0.29, 0.717) is 5.92 Å². The Morgan fingerprint density at radius 1 is 1.50 bits per heavy atom. The Bertz CT molecular complexity index is 180. The summed E-state index contributed by atoms with van der Waals surface area (Å²) in [6.45, 7) is 13.3. The molecule has 0 saturated heterocycles. The molecule has 2 heteroatoms. The van der Waals surface area contributed by atoms with Crippen LogP contribution in [0.4, 0.5) is 0 Å². The van der Waals surface area contributed by atoms with Gasteiger partial charge in [0.2, 0.25) is 0 Å². The first kappa shape index (κ1) is 11.2. The summed E-state index contributed by atoms with van der Waals surface area (Å²) in [6, 6.07) is 0. The number of hydrogen-bond donors (Lipinski definition) is 0. The zero-order valence-corrected chi connectivity index (χ0v) is 8.89. The number of hydrogen-bond acceptors (Lipinski definition) is 1. The van der Waals surface area contributed by atoms with Gasteiger partial charge in [0.1, 0.15) is 5.84 Å². The third kappa shape index (κ3) is 2.68. The molecule has 0 N–H and O–H groups in total. The summed E-state index contributed by atoms with van der Waals surface area (Å²) in [6.07, 6.45) is 0. The summed E-state index contributed by atoms with van der Waals surface area (Å²) in [4.78, 5) is 6.41. The van der Waals surface area contributed by atoms with Gasteiger partial charge in [0.05, 0.1) is 0 Å². The Morgan fingerprint density at radius 2 is 2.00 bits per heavy atom. The summed E-state index contributed by atoms with van der Waals surface area (Å²) in [5.41, 5.74) is 1.06. The fraction of sp³-hybridized carbons (Fsp3) is 0.700. The van der Waals surface area contributed by atoms with E-state index < -0.39 is 0 Å². The molecule has 0 aromatic heterocycles. The molecule has 0 saturated carbocycles. The van der Waals surface area contributed by atoms with Crippen LogP contribution in [0.2, 0.25) is 0 Å². The Balaban J connectivity index is 4.58. The van der Waals surface area contributed by atoms with Crippen LogP contribution in [0.15, 0.2) is 17.3 Å². The van der Waals surface area contributed by atoms with E-state index in [1.165, 1.54) is 0 Å². The highest BCUT2D eigenvalue weighted by molar-refractivity contribution is 5.85. The summed E-state index contributed by atoms with van der Waals surface area (Å²) < 4.78 is 0. The molecule has 12 heavy (non-hydrogen) atoms. The molecule has 0 aliphatic heterocycles. The molecule has 0 unspecified atom stereocenters. The minimum atomic E-state index is 0.464. The molecule has 0 aliphatic carbocycles. The molecule has 0 aliphatic rings. The maximum absolute atomic E-state index is 4.26. The van der Waals surface area contributed by atoms with Crippen molar-refractivity contribution in [3.05, 3.63) is 12.3 Å². The average molecular weight is 168 g/mol. The number of rotatable bonds is 3. The van der Waals surface area contributed by atoms with Crippen LogP contribution in [0.25, 0.3) is 0 Å². The van der Waals surface area contributed by atoms with Crippen molar-refractivity contribution in [2.24, 2.45) is 10.9 Å². The number of nitrogens with zero attached hydrogens (tertiary/aromatic N) is 2. The van der Waals surface area contributed by atoms with Crippen molar-refractivity contribution in [2.75, 3.05) is 13.6 Å². The van der Waals surface area contributed by atoms with Crippen molar-refractivity contribution in [2.45, 2.75) is 27.7 Å². The van der Waals surface area contributed by atoms with Crippen LogP contribution in [-0.2, 0) is 0 Å². The van der Waals surface area contributed by atoms with E-state index in [1.54, 1.807) is 0 Å². The molecule has 0 atom stereocenters. The normalized spacial score (nSPS) is 12.0. The monoisotopic (exact) mass is 168 g/mol. The number of allylic oxidation sites excluding steroid dienone is 1. The molecule has 70 valence electrons. The van der Waals surface area contributed by atoms with Gasteiger partial charge in [-0.3, -0.25) is 4.99 Å². The highest BCUT2D eigenvalue weighted by Gasteiger charge is 2.12. The topological polar surface area (TPSA) is 15.6 Å². The van der Waals surface area contributed by atoms with Crippen molar-refractivity contribution in [1.82, 2.24) is 4.90 Å². The quantitative estimate of drug-likeness (QED) is 0.467. The Hall–Kier alpha value is -0.790. The van der Waals surface area contributed by atoms with Crippen molar-refractivity contribution in [3.63, 3.8) is 0 Å². The van der Waals surface area contributed by atoms with Crippen LogP contribution in [0.5, 0.6) is 0 Å². The molecular weight excluding hydrogens is 148 g/mol. The SMILES string of the molecule is C=C(C)N(CC)C(=NC)C(C)C. The highest BCUT2D eigenvalue weighted by Crippen LogP contribution is 2.08. The second-order valence-electron chi connectivity index (χ2n) is 3.22. The smallest absolute Gasteiger partial charge is 0.105 e. The van der Waals surface area contributed by atoms with Crippen LogP contribution in [0.3, 0.4) is 0 Å². The third-order valence-electron chi connectivity index (χ3n) is 1.80. The van der Waals surface area contributed by atoms with Gasteiger partial charge in [-0.05, 0) is 13.8 Å². The van der Waals surface area contributed by atoms with Crippen LogP contribution in [0, 0.1) is 5.92 Å². The van der Waals surface area contributed by atoms with Crippen LogP contribution >= 0.6 is 0 Å². The molecule has 2 nitrogen and oxygen atoms in total. The lowest BCUT2D eigenvalue weighted by Crippen LogP contribution is -2.32. The van der Waals surface area contributed by atoms with E-state index in [4.69, 9.17) is 0 Å². The lowest BCUT2D eigenvalue weighted by molar-refractivity contribution is 0.511. The first-order chi connectivity index (χ1) is 5.54. The van der Waals surface area contributed by atoms with Crippen molar-refractivity contribution < 1.29 is 0 Å². The lowest BCUT2D eigenvalue weighted by atomic mass is 10.1. The minimum Gasteiger partial charge on any atom is -0.335 e. The summed E-state index contributed by atoms with van der Waals surface area (Å²) in [5.74, 6) is 1.58. The van der Waals surface area contributed by atoms with E-state index >= 15 is 0 Å². The second-order valence-corrected chi connectivity index (χ2v) is 3.22. The number of aliphatic imine (C=N–C) groups is 1. The van der Waals surface area contributed by atoms with Gasteiger partial charge in [0, 0.05) is 25.2 Å². The zero-order valence-electron chi connectivity index (χ0n) is 8.89. The first-order valence-electron chi connectivity index (χ1n) is 4.44.